The average molecular weight is 450 g/mol. The third-order valence-corrected chi connectivity index (χ3v) is 5.51. The van der Waals surface area contributed by atoms with Crippen molar-refractivity contribution in [3.05, 3.63) is 77.4 Å². The van der Waals surface area contributed by atoms with E-state index in [0.29, 0.717) is 11.4 Å². The van der Waals surface area contributed by atoms with Gasteiger partial charge < -0.3 is 0 Å². The van der Waals surface area contributed by atoms with Gasteiger partial charge in [0.15, 0.2) is 0 Å². The summed E-state index contributed by atoms with van der Waals surface area (Å²) < 4.78 is 0. The fourth-order valence-corrected chi connectivity index (χ4v) is 3.90. The van der Waals surface area contributed by atoms with Gasteiger partial charge in [0.25, 0.3) is 11.8 Å². The Hall–Kier alpha value is -3.78. The first kappa shape index (κ1) is 23.9. The molecular formula is C25H27N3O5. The summed E-state index contributed by atoms with van der Waals surface area (Å²) in [6.45, 7) is 3.80. The second kappa shape index (κ2) is 10.7. The van der Waals surface area contributed by atoms with E-state index < -0.39 is 35.5 Å². The second-order valence-electron chi connectivity index (χ2n) is 8.33. The van der Waals surface area contributed by atoms with Crippen LogP contribution in [0.2, 0.25) is 0 Å². The highest BCUT2D eigenvalue weighted by molar-refractivity contribution is 6.21. The number of amides is 4. The number of hydroxylamine groups is 1. The topological polar surface area (TPSA) is 116 Å². The zero-order valence-corrected chi connectivity index (χ0v) is 18.5. The molecule has 3 rings (SSSR count). The number of imide groups is 1. The Morgan fingerprint density at radius 2 is 1.48 bits per heavy atom. The zero-order valence-electron chi connectivity index (χ0n) is 18.5. The van der Waals surface area contributed by atoms with Gasteiger partial charge in [-0.1, -0.05) is 68.5 Å². The van der Waals surface area contributed by atoms with Gasteiger partial charge in [0.05, 0.1) is 23.0 Å². The summed E-state index contributed by atoms with van der Waals surface area (Å²) in [7, 11) is 0. The van der Waals surface area contributed by atoms with E-state index in [1.165, 1.54) is 12.1 Å². The lowest BCUT2D eigenvalue weighted by molar-refractivity contribution is -0.141. The van der Waals surface area contributed by atoms with Crippen LogP contribution in [0, 0.1) is 17.8 Å². The molecule has 0 saturated heterocycles. The fourth-order valence-electron chi connectivity index (χ4n) is 3.90. The monoisotopic (exact) mass is 449 g/mol. The Bertz CT molecular complexity index is 1030. The zero-order chi connectivity index (χ0) is 24.0. The van der Waals surface area contributed by atoms with Gasteiger partial charge in [-0.2, -0.15) is 5.01 Å². The molecule has 8 heteroatoms. The molecule has 0 fully saturated rings. The SMILES string of the molecule is CC(C)C[C@@H](C(=O)NN1C(=O)c2ccccc2C1=O)C(C/C=C/c1ccccc1)C(=O)NO. The van der Waals surface area contributed by atoms with Crippen molar-refractivity contribution in [3.63, 3.8) is 0 Å². The van der Waals surface area contributed by atoms with Crippen molar-refractivity contribution >= 4 is 29.7 Å². The summed E-state index contributed by atoms with van der Waals surface area (Å²) in [4.78, 5) is 51.0. The molecule has 33 heavy (non-hydrogen) atoms. The summed E-state index contributed by atoms with van der Waals surface area (Å²) in [5.41, 5.74) is 5.40. The molecule has 8 nitrogen and oxygen atoms in total. The number of nitrogens with one attached hydrogen (secondary N) is 2. The van der Waals surface area contributed by atoms with Crippen LogP contribution in [0.15, 0.2) is 60.7 Å². The summed E-state index contributed by atoms with van der Waals surface area (Å²) >= 11 is 0. The maximum atomic E-state index is 13.2. The van der Waals surface area contributed by atoms with Crippen molar-refractivity contribution in [1.29, 1.82) is 0 Å². The van der Waals surface area contributed by atoms with E-state index in [1.54, 1.807) is 23.7 Å². The molecule has 0 saturated carbocycles. The summed E-state index contributed by atoms with van der Waals surface area (Å²) in [5.74, 6) is -4.36. The molecule has 3 N–H and O–H groups in total. The van der Waals surface area contributed by atoms with Gasteiger partial charge in [0, 0.05) is 0 Å². The highest BCUT2D eigenvalue weighted by atomic mass is 16.5. The lowest BCUT2D eigenvalue weighted by atomic mass is 9.82. The molecule has 0 bridgehead atoms. The maximum absolute atomic E-state index is 13.2. The van der Waals surface area contributed by atoms with Gasteiger partial charge in [-0.15, -0.1) is 0 Å². The van der Waals surface area contributed by atoms with Crippen molar-refractivity contribution in [3.8, 4) is 0 Å². The summed E-state index contributed by atoms with van der Waals surface area (Å²) in [5, 5.41) is 9.99. The predicted molar refractivity (Wildman–Crippen MR) is 122 cm³/mol. The summed E-state index contributed by atoms with van der Waals surface area (Å²) in [6.07, 6.45) is 4.07. The van der Waals surface area contributed by atoms with Crippen LogP contribution >= 0.6 is 0 Å². The molecule has 1 aliphatic heterocycles. The first-order chi connectivity index (χ1) is 15.8. The highest BCUT2D eigenvalue weighted by Gasteiger charge is 2.40. The molecular weight excluding hydrogens is 422 g/mol. The minimum absolute atomic E-state index is 0.0371. The van der Waals surface area contributed by atoms with Crippen LogP contribution in [0.1, 0.15) is 53.0 Å². The van der Waals surface area contributed by atoms with Crippen molar-refractivity contribution < 1.29 is 24.4 Å². The number of fused-ring (bicyclic) bond motifs is 1. The molecule has 172 valence electrons. The Labute approximate surface area is 192 Å². The third kappa shape index (κ3) is 5.53. The molecule has 0 aromatic heterocycles. The molecule has 2 aromatic carbocycles. The van der Waals surface area contributed by atoms with Gasteiger partial charge in [0.2, 0.25) is 11.8 Å². The smallest absolute Gasteiger partial charge is 0.280 e. The number of hydrogen-bond donors (Lipinski definition) is 3. The number of hydrazine groups is 1. The van der Waals surface area contributed by atoms with Crippen LogP contribution < -0.4 is 10.9 Å². The predicted octanol–water partition coefficient (Wildman–Crippen LogP) is 3.20. The van der Waals surface area contributed by atoms with Crippen molar-refractivity contribution in [2.24, 2.45) is 17.8 Å². The highest BCUT2D eigenvalue weighted by Crippen LogP contribution is 2.27. The van der Waals surface area contributed by atoms with Crippen molar-refractivity contribution in [2.75, 3.05) is 0 Å². The Morgan fingerprint density at radius 3 is 2.03 bits per heavy atom. The second-order valence-corrected chi connectivity index (χ2v) is 8.33. The summed E-state index contributed by atoms with van der Waals surface area (Å²) in [6, 6.07) is 15.8. The molecule has 0 radical (unpaired) electrons. The maximum Gasteiger partial charge on any atom is 0.280 e. The normalized spacial score (nSPS) is 15.0. The Balaban J connectivity index is 1.81. The molecule has 4 amide bonds. The van der Waals surface area contributed by atoms with Crippen LogP contribution in [-0.4, -0.2) is 33.8 Å². The van der Waals surface area contributed by atoms with Crippen LogP contribution in [0.25, 0.3) is 6.08 Å². The number of nitrogens with zero attached hydrogens (tertiary/aromatic N) is 1. The van der Waals surface area contributed by atoms with Crippen LogP contribution in [0.3, 0.4) is 0 Å². The van der Waals surface area contributed by atoms with Gasteiger partial charge in [0.1, 0.15) is 0 Å². The number of carbonyl (C=O) groups excluding carboxylic acids is 4. The fraction of sp³-hybridized carbons (Fsp3) is 0.280. The first-order valence-electron chi connectivity index (χ1n) is 10.8. The largest absolute Gasteiger partial charge is 0.289 e. The van der Waals surface area contributed by atoms with Gasteiger partial charge >= 0.3 is 0 Å². The Kier molecular flexibility index (Phi) is 7.74. The van der Waals surface area contributed by atoms with Crippen molar-refractivity contribution in [1.82, 2.24) is 15.9 Å². The van der Waals surface area contributed by atoms with E-state index >= 15 is 0 Å². The number of carbonyl (C=O) groups is 4. The molecule has 1 unspecified atom stereocenters. The molecule has 0 aliphatic carbocycles. The Morgan fingerprint density at radius 1 is 0.909 bits per heavy atom. The van der Waals surface area contributed by atoms with E-state index in [1.807, 2.05) is 50.3 Å². The van der Waals surface area contributed by atoms with Crippen LogP contribution in [0.4, 0.5) is 0 Å². The van der Waals surface area contributed by atoms with E-state index in [4.69, 9.17) is 0 Å². The number of allylic oxidation sites excluding steroid dienone is 1. The van der Waals surface area contributed by atoms with Gasteiger partial charge in [-0.25, -0.2) is 5.48 Å². The molecule has 1 aliphatic rings. The number of benzene rings is 2. The third-order valence-electron chi connectivity index (χ3n) is 5.51. The number of rotatable bonds is 9. The lowest BCUT2D eigenvalue weighted by Gasteiger charge is -2.27. The van der Waals surface area contributed by atoms with Crippen molar-refractivity contribution in [2.45, 2.75) is 26.7 Å². The average Bonchev–Trinajstić information content (AvgIpc) is 3.05. The van der Waals surface area contributed by atoms with E-state index in [9.17, 15) is 24.4 Å². The van der Waals surface area contributed by atoms with E-state index in [2.05, 4.69) is 5.43 Å². The van der Waals surface area contributed by atoms with Crippen LogP contribution in [-0.2, 0) is 9.59 Å². The standard InChI is InChI=1S/C25H27N3O5/c1-16(2)15-21(18(23(30)27-33)14-8-11-17-9-4-3-5-10-17)22(29)26-28-24(31)19-12-6-7-13-20(19)25(28)32/h3-13,16,18,21,33H,14-15H2,1-2H3,(H,26,29)(H,27,30)/b11-8+/t18?,21-/m1/s1. The minimum Gasteiger partial charge on any atom is -0.289 e. The van der Waals surface area contributed by atoms with Gasteiger partial charge in [-0.05, 0) is 36.5 Å². The lowest BCUT2D eigenvalue weighted by Crippen LogP contribution is -2.51. The first-order valence-corrected chi connectivity index (χ1v) is 10.8. The minimum atomic E-state index is -0.910. The molecule has 1 heterocycles. The quantitative estimate of drug-likeness (QED) is 0.309. The molecule has 0 spiro atoms. The van der Waals surface area contributed by atoms with E-state index in [-0.39, 0.29) is 23.5 Å². The molecule has 2 atom stereocenters. The molecule has 2 aromatic rings. The van der Waals surface area contributed by atoms with E-state index in [0.717, 1.165) is 5.56 Å². The number of hydrogen-bond acceptors (Lipinski definition) is 5. The van der Waals surface area contributed by atoms with Gasteiger partial charge in [-0.3, -0.25) is 29.8 Å². The van der Waals surface area contributed by atoms with Crippen LogP contribution in [0.5, 0.6) is 0 Å².